The van der Waals surface area contributed by atoms with Gasteiger partial charge in [0, 0.05) is 12.0 Å². The SMILES string of the molecule is c1cc(CC2CO2)c2c(c1)OCOC2. The highest BCUT2D eigenvalue weighted by molar-refractivity contribution is 5.41. The first-order valence-electron chi connectivity index (χ1n) is 4.86. The number of hydrogen-bond acceptors (Lipinski definition) is 3. The van der Waals surface area contributed by atoms with Crippen molar-refractivity contribution in [3.05, 3.63) is 29.3 Å². The first-order chi connectivity index (χ1) is 6.93. The molecule has 74 valence electrons. The zero-order valence-electron chi connectivity index (χ0n) is 7.86. The fraction of sp³-hybridized carbons (Fsp3) is 0.455. The number of ether oxygens (including phenoxy) is 3. The van der Waals surface area contributed by atoms with Crippen molar-refractivity contribution in [3.63, 3.8) is 0 Å². The molecule has 2 heterocycles. The second kappa shape index (κ2) is 3.26. The molecule has 1 saturated heterocycles. The summed E-state index contributed by atoms with van der Waals surface area (Å²) in [5, 5.41) is 0. The minimum atomic E-state index is 0.371. The van der Waals surface area contributed by atoms with Crippen molar-refractivity contribution in [1.82, 2.24) is 0 Å². The van der Waals surface area contributed by atoms with Crippen LogP contribution in [-0.4, -0.2) is 19.5 Å². The first kappa shape index (κ1) is 8.26. The summed E-state index contributed by atoms with van der Waals surface area (Å²) < 4.78 is 15.9. The Morgan fingerprint density at radius 2 is 2.29 bits per heavy atom. The van der Waals surface area contributed by atoms with E-state index in [1.807, 2.05) is 12.1 Å². The maximum Gasteiger partial charge on any atom is 0.189 e. The molecule has 0 radical (unpaired) electrons. The van der Waals surface area contributed by atoms with Crippen LogP contribution in [0.15, 0.2) is 18.2 Å². The molecule has 1 fully saturated rings. The van der Waals surface area contributed by atoms with Crippen LogP contribution in [0.5, 0.6) is 5.75 Å². The molecule has 0 spiro atoms. The predicted molar refractivity (Wildman–Crippen MR) is 50.2 cm³/mol. The molecular formula is C11H12O3. The van der Waals surface area contributed by atoms with Crippen LogP contribution in [0.2, 0.25) is 0 Å². The molecule has 0 aromatic heterocycles. The fourth-order valence-corrected chi connectivity index (χ4v) is 1.78. The van der Waals surface area contributed by atoms with Crippen LogP contribution in [0.4, 0.5) is 0 Å². The predicted octanol–water partition coefficient (Wildman–Crippen LogP) is 1.49. The number of epoxide rings is 1. The number of rotatable bonds is 2. The monoisotopic (exact) mass is 192 g/mol. The van der Waals surface area contributed by atoms with Crippen molar-refractivity contribution >= 4 is 0 Å². The highest BCUT2D eigenvalue weighted by Gasteiger charge is 2.25. The molecule has 3 nitrogen and oxygen atoms in total. The second-order valence-corrected chi connectivity index (χ2v) is 3.66. The van der Waals surface area contributed by atoms with Gasteiger partial charge >= 0.3 is 0 Å². The molecule has 1 aromatic carbocycles. The van der Waals surface area contributed by atoms with E-state index in [2.05, 4.69) is 6.07 Å². The maximum absolute atomic E-state index is 5.40. The van der Waals surface area contributed by atoms with E-state index in [-0.39, 0.29) is 0 Å². The number of fused-ring (bicyclic) bond motifs is 1. The summed E-state index contributed by atoms with van der Waals surface area (Å²) in [5.74, 6) is 0.967. The van der Waals surface area contributed by atoms with Gasteiger partial charge in [0.2, 0.25) is 0 Å². The molecule has 3 rings (SSSR count). The smallest absolute Gasteiger partial charge is 0.189 e. The molecule has 2 aliphatic rings. The Kier molecular flexibility index (Phi) is 1.92. The van der Waals surface area contributed by atoms with E-state index >= 15 is 0 Å². The molecule has 2 aliphatic heterocycles. The lowest BCUT2D eigenvalue weighted by Crippen LogP contribution is -2.13. The minimum absolute atomic E-state index is 0.371. The van der Waals surface area contributed by atoms with E-state index in [1.165, 1.54) is 11.1 Å². The summed E-state index contributed by atoms with van der Waals surface area (Å²) >= 11 is 0. The molecule has 0 aliphatic carbocycles. The van der Waals surface area contributed by atoms with Crippen molar-refractivity contribution < 1.29 is 14.2 Å². The highest BCUT2D eigenvalue weighted by Crippen LogP contribution is 2.29. The molecule has 0 bridgehead atoms. The van der Waals surface area contributed by atoms with E-state index in [0.717, 1.165) is 18.8 Å². The highest BCUT2D eigenvalue weighted by atomic mass is 16.7. The van der Waals surface area contributed by atoms with Crippen LogP contribution in [0.1, 0.15) is 11.1 Å². The number of benzene rings is 1. The Morgan fingerprint density at radius 1 is 1.36 bits per heavy atom. The zero-order valence-corrected chi connectivity index (χ0v) is 7.86. The third-order valence-corrected chi connectivity index (χ3v) is 2.62. The lowest BCUT2D eigenvalue weighted by atomic mass is 10.0. The van der Waals surface area contributed by atoms with Crippen molar-refractivity contribution in [3.8, 4) is 5.75 Å². The van der Waals surface area contributed by atoms with Crippen molar-refractivity contribution in [2.45, 2.75) is 19.1 Å². The molecule has 0 N–H and O–H groups in total. The number of hydrogen-bond donors (Lipinski definition) is 0. The van der Waals surface area contributed by atoms with Crippen LogP contribution >= 0.6 is 0 Å². The second-order valence-electron chi connectivity index (χ2n) is 3.66. The van der Waals surface area contributed by atoms with Gasteiger partial charge in [0.25, 0.3) is 0 Å². The van der Waals surface area contributed by atoms with Gasteiger partial charge in [0.15, 0.2) is 6.79 Å². The van der Waals surface area contributed by atoms with E-state index in [0.29, 0.717) is 19.5 Å². The quantitative estimate of drug-likeness (QED) is 0.665. The average Bonchev–Trinajstić information content (AvgIpc) is 3.03. The summed E-state index contributed by atoms with van der Waals surface area (Å²) in [6.07, 6.45) is 1.40. The van der Waals surface area contributed by atoms with Crippen LogP contribution in [0, 0.1) is 0 Å². The Hall–Kier alpha value is -1.06. The molecule has 3 heteroatoms. The van der Waals surface area contributed by atoms with Crippen molar-refractivity contribution in [1.29, 1.82) is 0 Å². The van der Waals surface area contributed by atoms with Gasteiger partial charge < -0.3 is 14.2 Å². The van der Waals surface area contributed by atoms with Gasteiger partial charge in [-0.15, -0.1) is 0 Å². The Bertz CT molecular complexity index is 344. The third-order valence-electron chi connectivity index (χ3n) is 2.62. The van der Waals surface area contributed by atoms with Crippen LogP contribution in [-0.2, 0) is 22.5 Å². The summed E-state index contributed by atoms with van der Waals surface area (Å²) in [7, 11) is 0. The van der Waals surface area contributed by atoms with E-state index in [9.17, 15) is 0 Å². The summed E-state index contributed by atoms with van der Waals surface area (Å²) in [6.45, 7) is 1.93. The standard InChI is InChI=1S/C11H12O3/c1-2-8(4-9-5-13-9)10-6-12-7-14-11(10)3-1/h1-3,9H,4-7H2. The minimum Gasteiger partial charge on any atom is -0.467 e. The Morgan fingerprint density at radius 3 is 3.14 bits per heavy atom. The van der Waals surface area contributed by atoms with E-state index in [4.69, 9.17) is 14.2 Å². The fourth-order valence-electron chi connectivity index (χ4n) is 1.78. The lowest BCUT2D eigenvalue weighted by Gasteiger charge is -2.20. The van der Waals surface area contributed by atoms with Crippen molar-refractivity contribution in [2.75, 3.05) is 13.4 Å². The van der Waals surface area contributed by atoms with Crippen LogP contribution in [0.25, 0.3) is 0 Å². The molecule has 0 amide bonds. The van der Waals surface area contributed by atoms with Gasteiger partial charge in [-0.2, -0.15) is 0 Å². The summed E-state index contributed by atoms with van der Waals surface area (Å²) in [6, 6.07) is 6.15. The normalized spacial score (nSPS) is 23.9. The van der Waals surface area contributed by atoms with Crippen LogP contribution in [0.3, 0.4) is 0 Å². The van der Waals surface area contributed by atoms with Crippen molar-refractivity contribution in [2.24, 2.45) is 0 Å². The largest absolute Gasteiger partial charge is 0.467 e. The van der Waals surface area contributed by atoms with Gasteiger partial charge in [-0.05, 0) is 11.6 Å². The molecule has 1 aromatic rings. The lowest BCUT2D eigenvalue weighted by molar-refractivity contribution is -0.0168. The van der Waals surface area contributed by atoms with Gasteiger partial charge in [-0.25, -0.2) is 0 Å². The molecule has 0 saturated carbocycles. The first-order valence-corrected chi connectivity index (χ1v) is 4.86. The third kappa shape index (κ3) is 1.49. The van der Waals surface area contributed by atoms with E-state index in [1.54, 1.807) is 0 Å². The van der Waals surface area contributed by atoms with Crippen LogP contribution < -0.4 is 4.74 Å². The van der Waals surface area contributed by atoms with E-state index < -0.39 is 0 Å². The Labute approximate surface area is 82.6 Å². The summed E-state index contributed by atoms with van der Waals surface area (Å²) in [5.41, 5.74) is 2.49. The molecule has 14 heavy (non-hydrogen) atoms. The topological polar surface area (TPSA) is 31.0 Å². The van der Waals surface area contributed by atoms with Gasteiger partial charge in [-0.1, -0.05) is 12.1 Å². The van der Waals surface area contributed by atoms with Gasteiger partial charge in [0.05, 0.1) is 19.3 Å². The summed E-state index contributed by atoms with van der Waals surface area (Å²) in [4.78, 5) is 0. The molecule has 1 atom stereocenters. The molecule has 1 unspecified atom stereocenters. The zero-order chi connectivity index (χ0) is 9.38. The average molecular weight is 192 g/mol. The van der Waals surface area contributed by atoms with Gasteiger partial charge in [-0.3, -0.25) is 0 Å². The molecular weight excluding hydrogens is 180 g/mol. The maximum atomic E-state index is 5.40. The Balaban J connectivity index is 1.92. The van der Waals surface area contributed by atoms with Gasteiger partial charge in [0.1, 0.15) is 5.75 Å².